The molecule has 1 aromatic heterocycles. The first-order chi connectivity index (χ1) is 8.40. The van der Waals surface area contributed by atoms with Crippen molar-refractivity contribution < 1.29 is 4.42 Å². The summed E-state index contributed by atoms with van der Waals surface area (Å²) in [6.45, 7) is 4.49. The van der Waals surface area contributed by atoms with E-state index in [1.165, 1.54) is 23.8 Å². The number of para-hydroxylation sites is 1. The largest absolute Gasteiger partial charge is 0.464 e. The van der Waals surface area contributed by atoms with Gasteiger partial charge in [0.25, 0.3) is 0 Å². The topological polar surface area (TPSA) is 25.2 Å². The minimum atomic E-state index is 0.711. The third-order valence-corrected chi connectivity index (χ3v) is 3.67. The molecule has 0 spiro atoms. The standard InChI is InChI=1S/C15H19NO/c1-2-7-16-9-11-8-13(11)14-10-17-15-6-4-3-5-12(14)15/h3-6,10-11,13,16H,2,7-9H2,1H3. The van der Waals surface area contributed by atoms with E-state index in [9.17, 15) is 0 Å². The van der Waals surface area contributed by atoms with Crippen LogP contribution in [-0.4, -0.2) is 13.1 Å². The highest BCUT2D eigenvalue weighted by molar-refractivity contribution is 5.81. The molecule has 1 aliphatic rings. The van der Waals surface area contributed by atoms with Crippen LogP contribution in [0.1, 0.15) is 31.2 Å². The van der Waals surface area contributed by atoms with E-state index in [-0.39, 0.29) is 0 Å². The molecule has 1 heterocycles. The number of rotatable bonds is 5. The lowest BCUT2D eigenvalue weighted by molar-refractivity contribution is 0.601. The Hall–Kier alpha value is -1.28. The Balaban J connectivity index is 1.70. The van der Waals surface area contributed by atoms with Gasteiger partial charge >= 0.3 is 0 Å². The summed E-state index contributed by atoms with van der Waals surface area (Å²) < 4.78 is 5.60. The van der Waals surface area contributed by atoms with Crippen molar-refractivity contribution in [2.45, 2.75) is 25.7 Å². The first kappa shape index (κ1) is 10.8. The van der Waals surface area contributed by atoms with Gasteiger partial charge in [0.15, 0.2) is 0 Å². The third-order valence-electron chi connectivity index (χ3n) is 3.67. The molecule has 0 aliphatic heterocycles. The summed E-state index contributed by atoms with van der Waals surface area (Å²) in [7, 11) is 0. The van der Waals surface area contributed by atoms with E-state index in [1.807, 2.05) is 18.4 Å². The normalized spacial score (nSPS) is 23.1. The second kappa shape index (κ2) is 4.53. The highest BCUT2D eigenvalue weighted by atomic mass is 16.3. The first-order valence-electron chi connectivity index (χ1n) is 6.57. The molecular weight excluding hydrogens is 210 g/mol. The lowest BCUT2D eigenvalue weighted by atomic mass is 10.1. The molecule has 2 unspecified atom stereocenters. The highest BCUT2D eigenvalue weighted by Crippen LogP contribution is 2.49. The van der Waals surface area contributed by atoms with Gasteiger partial charge < -0.3 is 9.73 Å². The minimum absolute atomic E-state index is 0.711. The van der Waals surface area contributed by atoms with E-state index in [2.05, 4.69) is 24.4 Å². The lowest BCUT2D eigenvalue weighted by Crippen LogP contribution is -2.17. The van der Waals surface area contributed by atoms with Crippen molar-refractivity contribution >= 4 is 11.0 Å². The number of hydrogen-bond donors (Lipinski definition) is 1. The molecule has 1 fully saturated rings. The van der Waals surface area contributed by atoms with Gasteiger partial charge in [-0.05, 0) is 43.8 Å². The molecule has 0 saturated heterocycles. The van der Waals surface area contributed by atoms with Crippen LogP contribution in [0, 0.1) is 5.92 Å². The maximum Gasteiger partial charge on any atom is 0.134 e. The Kier molecular flexibility index (Phi) is 2.89. The highest BCUT2D eigenvalue weighted by Gasteiger charge is 2.39. The molecule has 1 saturated carbocycles. The van der Waals surface area contributed by atoms with E-state index in [4.69, 9.17) is 4.42 Å². The molecule has 0 amide bonds. The predicted octanol–water partition coefficient (Wildman–Crippen LogP) is 3.54. The van der Waals surface area contributed by atoms with Crippen molar-refractivity contribution in [3.05, 3.63) is 36.1 Å². The molecule has 2 atom stereocenters. The second-order valence-electron chi connectivity index (χ2n) is 4.99. The molecule has 1 N–H and O–H groups in total. The molecule has 2 nitrogen and oxygen atoms in total. The van der Waals surface area contributed by atoms with Crippen LogP contribution in [0.15, 0.2) is 34.9 Å². The second-order valence-corrected chi connectivity index (χ2v) is 4.99. The van der Waals surface area contributed by atoms with E-state index in [1.54, 1.807) is 0 Å². The Bertz CT molecular complexity index is 502. The van der Waals surface area contributed by atoms with Gasteiger partial charge in [0, 0.05) is 10.9 Å². The van der Waals surface area contributed by atoms with Gasteiger partial charge in [0.05, 0.1) is 6.26 Å². The summed E-state index contributed by atoms with van der Waals surface area (Å²) >= 11 is 0. The van der Waals surface area contributed by atoms with Crippen molar-refractivity contribution in [2.24, 2.45) is 5.92 Å². The molecule has 1 aliphatic carbocycles. The summed E-state index contributed by atoms with van der Waals surface area (Å²) in [6.07, 6.45) is 4.47. The minimum Gasteiger partial charge on any atom is -0.464 e. The fourth-order valence-corrected chi connectivity index (χ4v) is 2.60. The zero-order valence-electron chi connectivity index (χ0n) is 10.3. The van der Waals surface area contributed by atoms with Gasteiger partial charge in [-0.2, -0.15) is 0 Å². The Morgan fingerprint density at radius 1 is 1.35 bits per heavy atom. The van der Waals surface area contributed by atoms with Crippen LogP contribution in [0.2, 0.25) is 0 Å². The number of hydrogen-bond acceptors (Lipinski definition) is 2. The van der Waals surface area contributed by atoms with E-state index in [0.29, 0.717) is 5.92 Å². The lowest BCUT2D eigenvalue weighted by Gasteiger charge is -2.01. The summed E-state index contributed by atoms with van der Waals surface area (Å²) in [6, 6.07) is 8.34. The fourth-order valence-electron chi connectivity index (χ4n) is 2.60. The quantitative estimate of drug-likeness (QED) is 0.793. The molecule has 1 aromatic carbocycles. The van der Waals surface area contributed by atoms with E-state index < -0.39 is 0 Å². The fraction of sp³-hybridized carbons (Fsp3) is 0.467. The van der Waals surface area contributed by atoms with Crippen molar-refractivity contribution in [1.29, 1.82) is 0 Å². The number of furan rings is 1. The molecule has 0 radical (unpaired) electrons. The van der Waals surface area contributed by atoms with Gasteiger partial charge in [-0.15, -0.1) is 0 Å². The molecule has 2 aromatic rings. The van der Waals surface area contributed by atoms with Gasteiger partial charge in [-0.1, -0.05) is 25.1 Å². The van der Waals surface area contributed by atoms with Crippen molar-refractivity contribution in [1.82, 2.24) is 5.32 Å². The van der Waals surface area contributed by atoms with Crippen LogP contribution < -0.4 is 5.32 Å². The SMILES string of the molecule is CCCNCC1CC1c1coc2ccccc12. The zero-order chi connectivity index (χ0) is 11.7. The Morgan fingerprint density at radius 2 is 2.24 bits per heavy atom. The van der Waals surface area contributed by atoms with Crippen molar-refractivity contribution in [3.63, 3.8) is 0 Å². The number of nitrogens with one attached hydrogen (secondary N) is 1. The van der Waals surface area contributed by atoms with Crippen LogP contribution in [0.3, 0.4) is 0 Å². The van der Waals surface area contributed by atoms with Gasteiger partial charge in [0.2, 0.25) is 0 Å². The predicted molar refractivity (Wildman–Crippen MR) is 70.2 cm³/mol. The van der Waals surface area contributed by atoms with Gasteiger partial charge in [0.1, 0.15) is 5.58 Å². The van der Waals surface area contributed by atoms with Crippen LogP contribution in [0.5, 0.6) is 0 Å². The summed E-state index contributed by atoms with van der Waals surface area (Å²) in [5, 5.41) is 4.81. The summed E-state index contributed by atoms with van der Waals surface area (Å²) in [4.78, 5) is 0. The smallest absolute Gasteiger partial charge is 0.134 e. The van der Waals surface area contributed by atoms with Crippen LogP contribution >= 0.6 is 0 Å². The maximum absolute atomic E-state index is 5.60. The Morgan fingerprint density at radius 3 is 3.12 bits per heavy atom. The monoisotopic (exact) mass is 229 g/mol. The van der Waals surface area contributed by atoms with Gasteiger partial charge in [-0.3, -0.25) is 0 Å². The van der Waals surface area contributed by atoms with Gasteiger partial charge in [-0.25, -0.2) is 0 Å². The van der Waals surface area contributed by atoms with Crippen LogP contribution in [-0.2, 0) is 0 Å². The zero-order valence-corrected chi connectivity index (χ0v) is 10.3. The van der Waals surface area contributed by atoms with Crippen LogP contribution in [0.4, 0.5) is 0 Å². The molecule has 90 valence electrons. The average molecular weight is 229 g/mol. The van der Waals surface area contributed by atoms with Crippen LogP contribution in [0.25, 0.3) is 11.0 Å². The molecular formula is C15H19NO. The summed E-state index contributed by atoms with van der Waals surface area (Å²) in [5.41, 5.74) is 2.43. The number of fused-ring (bicyclic) bond motifs is 1. The van der Waals surface area contributed by atoms with Crippen molar-refractivity contribution in [3.8, 4) is 0 Å². The molecule has 3 rings (SSSR count). The molecule has 0 bridgehead atoms. The number of benzene rings is 1. The first-order valence-corrected chi connectivity index (χ1v) is 6.57. The summed E-state index contributed by atoms with van der Waals surface area (Å²) in [5.74, 6) is 1.52. The average Bonchev–Trinajstić information content (AvgIpc) is 3.00. The maximum atomic E-state index is 5.60. The Labute approximate surface area is 102 Å². The molecule has 17 heavy (non-hydrogen) atoms. The molecule has 2 heteroatoms. The third kappa shape index (κ3) is 2.09. The van der Waals surface area contributed by atoms with E-state index >= 15 is 0 Å². The van der Waals surface area contributed by atoms with Crippen molar-refractivity contribution in [2.75, 3.05) is 13.1 Å². The van der Waals surface area contributed by atoms with E-state index in [0.717, 1.165) is 24.6 Å².